The van der Waals surface area contributed by atoms with Gasteiger partial charge in [-0.05, 0) is 30.3 Å². The average Bonchev–Trinajstić information content (AvgIpc) is 2.38. The molecule has 18 heavy (non-hydrogen) atoms. The summed E-state index contributed by atoms with van der Waals surface area (Å²) in [6.45, 7) is 0. The van der Waals surface area contributed by atoms with E-state index in [1.807, 2.05) is 37.4 Å². The first-order valence-corrected chi connectivity index (χ1v) is 5.51. The highest BCUT2D eigenvalue weighted by molar-refractivity contribution is 5.96. The maximum atomic E-state index is 11.2. The van der Waals surface area contributed by atoms with Gasteiger partial charge in [-0.25, -0.2) is 4.79 Å². The molecule has 0 heterocycles. The number of benzene rings is 2. The predicted molar refractivity (Wildman–Crippen MR) is 72.3 cm³/mol. The molecule has 4 nitrogen and oxygen atoms in total. The molecule has 0 spiro atoms. The second kappa shape index (κ2) is 4.79. The molecule has 0 aromatic heterocycles. The fraction of sp³-hybridized carbons (Fsp3) is 0.0714. The van der Waals surface area contributed by atoms with Gasteiger partial charge in [0.15, 0.2) is 0 Å². The van der Waals surface area contributed by atoms with Crippen LogP contribution in [-0.4, -0.2) is 18.1 Å². The Balaban J connectivity index is 2.50. The molecule has 2 aromatic carbocycles. The molecular weight excluding hydrogens is 228 g/mol. The number of hydrogen-bond donors (Lipinski definition) is 2. The van der Waals surface area contributed by atoms with E-state index in [4.69, 9.17) is 5.73 Å². The zero-order valence-corrected chi connectivity index (χ0v) is 10.00. The first-order chi connectivity index (χ1) is 8.59. The van der Waals surface area contributed by atoms with Gasteiger partial charge < -0.3 is 15.7 Å². The smallest absolute Gasteiger partial charge is 0.337 e. The van der Waals surface area contributed by atoms with Gasteiger partial charge in [0.1, 0.15) is 0 Å². The van der Waals surface area contributed by atoms with Crippen molar-refractivity contribution in [2.45, 2.75) is 0 Å². The second-order valence-electron chi connectivity index (χ2n) is 3.98. The minimum absolute atomic E-state index is 0.232. The average molecular weight is 242 g/mol. The minimum Gasteiger partial charge on any atom is -0.478 e. The molecular formula is C14H14N2O2. The van der Waals surface area contributed by atoms with Crippen LogP contribution in [0.4, 0.5) is 17.1 Å². The number of aromatic carboxylic acids is 1. The maximum absolute atomic E-state index is 11.2. The SMILES string of the molecule is CN(c1ccccc1)c1cc(N)ccc1C(=O)O. The molecule has 92 valence electrons. The van der Waals surface area contributed by atoms with Crippen molar-refractivity contribution in [3.63, 3.8) is 0 Å². The lowest BCUT2D eigenvalue weighted by atomic mass is 10.1. The fourth-order valence-electron chi connectivity index (χ4n) is 1.80. The lowest BCUT2D eigenvalue weighted by Crippen LogP contribution is -2.14. The van der Waals surface area contributed by atoms with Crippen molar-refractivity contribution in [2.24, 2.45) is 0 Å². The number of hydrogen-bond acceptors (Lipinski definition) is 3. The number of rotatable bonds is 3. The van der Waals surface area contributed by atoms with Gasteiger partial charge in [-0.3, -0.25) is 0 Å². The van der Waals surface area contributed by atoms with Crippen LogP contribution in [0.5, 0.6) is 0 Å². The predicted octanol–water partition coefficient (Wildman–Crippen LogP) is 2.73. The molecule has 0 fully saturated rings. The van der Waals surface area contributed by atoms with Crippen LogP contribution in [-0.2, 0) is 0 Å². The standard InChI is InChI=1S/C14H14N2O2/c1-16(11-5-3-2-4-6-11)13-9-10(15)7-8-12(13)14(17)18/h2-9H,15H2,1H3,(H,17,18). The molecule has 0 atom stereocenters. The van der Waals surface area contributed by atoms with E-state index in [2.05, 4.69) is 0 Å². The van der Waals surface area contributed by atoms with E-state index < -0.39 is 5.97 Å². The lowest BCUT2D eigenvalue weighted by molar-refractivity contribution is 0.0697. The number of para-hydroxylation sites is 1. The Hall–Kier alpha value is -2.49. The van der Waals surface area contributed by atoms with Crippen LogP contribution >= 0.6 is 0 Å². The van der Waals surface area contributed by atoms with E-state index in [1.54, 1.807) is 17.0 Å². The summed E-state index contributed by atoms with van der Waals surface area (Å²) < 4.78 is 0. The van der Waals surface area contributed by atoms with Crippen molar-refractivity contribution in [3.8, 4) is 0 Å². The van der Waals surface area contributed by atoms with Crippen LogP contribution in [0.2, 0.25) is 0 Å². The van der Waals surface area contributed by atoms with Gasteiger partial charge in [-0.1, -0.05) is 18.2 Å². The Morgan fingerprint density at radius 1 is 1.17 bits per heavy atom. The van der Waals surface area contributed by atoms with E-state index >= 15 is 0 Å². The highest BCUT2D eigenvalue weighted by Gasteiger charge is 2.14. The quantitative estimate of drug-likeness (QED) is 0.812. The molecule has 0 saturated heterocycles. The van der Waals surface area contributed by atoms with Crippen molar-refractivity contribution >= 4 is 23.0 Å². The number of carbonyl (C=O) groups is 1. The molecule has 3 N–H and O–H groups in total. The largest absolute Gasteiger partial charge is 0.478 e. The van der Waals surface area contributed by atoms with Crippen LogP contribution in [0.1, 0.15) is 10.4 Å². The summed E-state index contributed by atoms with van der Waals surface area (Å²) in [5.74, 6) is -0.965. The summed E-state index contributed by atoms with van der Waals surface area (Å²) in [5.41, 5.74) is 7.98. The van der Waals surface area contributed by atoms with Crippen LogP contribution < -0.4 is 10.6 Å². The van der Waals surface area contributed by atoms with Crippen molar-refractivity contribution < 1.29 is 9.90 Å². The van der Waals surface area contributed by atoms with Gasteiger partial charge in [0, 0.05) is 18.4 Å². The molecule has 0 amide bonds. The molecule has 0 saturated carbocycles. The Morgan fingerprint density at radius 3 is 2.44 bits per heavy atom. The zero-order valence-electron chi connectivity index (χ0n) is 10.00. The van der Waals surface area contributed by atoms with Crippen LogP contribution in [0.3, 0.4) is 0 Å². The third kappa shape index (κ3) is 2.27. The van der Waals surface area contributed by atoms with Gasteiger partial charge in [-0.15, -0.1) is 0 Å². The normalized spacial score (nSPS) is 10.1. The van der Waals surface area contributed by atoms with Crippen molar-refractivity contribution in [3.05, 3.63) is 54.1 Å². The third-order valence-electron chi connectivity index (χ3n) is 2.76. The maximum Gasteiger partial charge on any atom is 0.337 e. The van der Waals surface area contributed by atoms with Crippen molar-refractivity contribution in [1.29, 1.82) is 0 Å². The van der Waals surface area contributed by atoms with E-state index in [1.165, 1.54) is 6.07 Å². The molecule has 2 aromatic rings. The summed E-state index contributed by atoms with van der Waals surface area (Å²) in [5, 5.41) is 9.18. The molecule has 0 aliphatic rings. The molecule has 0 radical (unpaired) electrons. The van der Waals surface area contributed by atoms with E-state index in [-0.39, 0.29) is 5.56 Å². The van der Waals surface area contributed by atoms with E-state index in [0.717, 1.165) is 5.69 Å². The topological polar surface area (TPSA) is 66.6 Å². The lowest BCUT2D eigenvalue weighted by Gasteiger charge is -2.21. The van der Waals surface area contributed by atoms with Gasteiger partial charge in [-0.2, -0.15) is 0 Å². The summed E-state index contributed by atoms with van der Waals surface area (Å²) >= 11 is 0. The van der Waals surface area contributed by atoms with Crippen molar-refractivity contribution in [1.82, 2.24) is 0 Å². The van der Waals surface area contributed by atoms with Gasteiger partial charge in [0.2, 0.25) is 0 Å². The number of carboxylic acid groups (broad SMARTS) is 1. The van der Waals surface area contributed by atoms with Crippen molar-refractivity contribution in [2.75, 3.05) is 17.7 Å². The molecule has 4 heteroatoms. The van der Waals surface area contributed by atoms with Gasteiger partial charge >= 0.3 is 5.97 Å². The Morgan fingerprint density at radius 2 is 1.83 bits per heavy atom. The summed E-state index contributed by atoms with van der Waals surface area (Å²) in [7, 11) is 1.82. The summed E-state index contributed by atoms with van der Waals surface area (Å²) in [4.78, 5) is 13.0. The number of nitrogens with two attached hydrogens (primary N) is 1. The zero-order chi connectivity index (χ0) is 13.1. The van der Waals surface area contributed by atoms with Crippen LogP contribution in [0, 0.1) is 0 Å². The molecule has 0 bridgehead atoms. The third-order valence-corrected chi connectivity index (χ3v) is 2.76. The molecule has 0 unspecified atom stereocenters. The number of nitrogen functional groups attached to an aromatic ring is 1. The number of anilines is 3. The highest BCUT2D eigenvalue weighted by atomic mass is 16.4. The minimum atomic E-state index is -0.965. The first-order valence-electron chi connectivity index (χ1n) is 5.51. The molecule has 2 rings (SSSR count). The second-order valence-corrected chi connectivity index (χ2v) is 3.98. The van der Waals surface area contributed by atoms with Gasteiger partial charge in [0.05, 0.1) is 11.3 Å². The summed E-state index contributed by atoms with van der Waals surface area (Å²) in [6, 6.07) is 14.3. The summed E-state index contributed by atoms with van der Waals surface area (Å²) in [6.07, 6.45) is 0. The number of carboxylic acids is 1. The van der Waals surface area contributed by atoms with Gasteiger partial charge in [0.25, 0.3) is 0 Å². The highest BCUT2D eigenvalue weighted by Crippen LogP contribution is 2.28. The van der Waals surface area contributed by atoms with Crippen LogP contribution in [0.25, 0.3) is 0 Å². The number of nitrogens with zero attached hydrogens (tertiary/aromatic N) is 1. The fourth-order valence-corrected chi connectivity index (χ4v) is 1.80. The Kier molecular flexibility index (Phi) is 3.19. The monoisotopic (exact) mass is 242 g/mol. The Labute approximate surface area is 105 Å². The van der Waals surface area contributed by atoms with Crippen LogP contribution in [0.15, 0.2) is 48.5 Å². The molecule has 0 aliphatic heterocycles. The Bertz CT molecular complexity index is 567. The molecule has 0 aliphatic carbocycles. The van der Waals surface area contributed by atoms with E-state index in [9.17, 15) is 9.90 Å². The first kappa shape index (κ1) is 12.0. The van der Waals surface area contributed by atoms with E-state index in [0.29, 0.717) is 11.4 Å².